The second kappa shape index (κ2) is 18.7. The van der Waals surface area contributed by atoms with Gasteiger partial charge in [0.15, 0.2) is 0 Å². The summed E-state index contributed by atoms with van der Waals surface area (Å²) >= 11 is 3.67. The van der Waals surface area contributed by atoms with Crippen LogP contribution in [0.3, 0.4) is 0 Å². The molecule has 0 fully saturated rings. The molecule has 6 N–H and O–H groups in total. The Labute approximate surface area is 145 Å². The van der Waals surface area contributed by atoms with E-state index in [2.05, 4.69) is 0 Å². The molecule has 0 saturated heterocycles. The second-order valence-corrected chi connectivity index (χ2v) is 4.98. The SMILES string of the molecule is CC([NH-])[O][Sb][O]C(C)[NH-].O.O.[Pt].[S-]c1ccccc1. The Morgan fingerprint density at radius 1 is 1.00 bits per heavy atom. The number of hydrogen-bond donors (Lipinski definition) is 0. The predicted octanol–water partition coefficient (Wildman–Crippen LogP) is 1.29. The number of nitrogens with one attached hydrogen (secondary N) is 2. The number of benzene rings is 1. The van der Waals surface area contributed by atoms with Crippen LogP contribution in [0.15, 0.2) is 35.2 Å². The largest absolute Gasteiger partial charge is 0.780 e. The van der Waals surface area contributed by atoms with Gasteiger partial charge in [0.1, 0.15) is 0 Å². The van der Waals surface area contributed by atoms with Gasteiger partial charge < -0.3 is 23.6 Å². The molecule has 0 saturated carbocycles. The maximum atomic E-state index is 6.90. The molecule has 19 heavy (non-hydrogen) atoms. The zero-order valence-corrected chi connectivity index (χ0v) is 16.2. The van der Waals surface area contributed by atoms with Crippen LogP contribution in [0, 0.1) is 0 Å². The molecule has 6 nitrogen and oxygen atoms in total. The third-order valence-electron chi connectivity index (χ3n) is 1.15. The van der Waals surface area contributed by atoms with Crippen LogP contribution < -0.4 is 0 Å². The third-order valence-corrected chi connectivity index (χ3v) is 3.71. The summed E-state index contributed by atoms with van der Waals surface area (Å²) in [6.07, 6.45) is -0.999. The fourth-order valence-corrected chi connectivity index (χ4v) is 1.61. The van der Waals surface area contributed by atoms with E-state index in [0.29, 0.717) is 0 Å². The first-order chi connectivity index (χ1) is 7.52. The minimum atomic E-state index is -1.15. The molecule has 1 rings (SSSR count). The average Bonchev–Trinajstić information content (AvgIpc) is 2.18. The molecule has 0 bridgehead atoms. The predicted molar refractivity (Wildman–Crippen MR) is 74.8 cm³/mol. The van der Waals surface area contributed by atoms with Gasteiger partial charge in [0.2, 0.25) is 0 Å². The molecule has 1 aromatic rings. The minimum Gasteiger partial charge on any atom is -0.780 e. The van der Waals surface area contributed by atoms with Crippen molar-refractivity contribution in [3.05, 3.63) is 41.8 Å². The van der Waals surface area contributed by atoms with Crippen LogP contribution in [0.2, 0.25) is 0 Å². The average molecular weight is 580 g/mol. The van der Waals surface area contributed by atoms with Crippen molar-refractivity contribution in [1.29, 1.82) is 0 Å². The molecule has 0 aliphatic carbocycles. The summed E-state index contributed by atoms with van der Waals surface area (Å²) in [5, 5.41) is 0. The quantitative estimate of drug-likeness (QED) is 0.393. The summed E-state index contributed by atoms with van der Waals surface area (Å²) in [5.74, 6) is 0. The van der Waals surface area contributed by atoms with Gasteiger partial charge in [0, 0.05) is 21.1 Å². The Morgan fingerprint density at radius 2 is 1.37 bits per heavy atom. The maximum absolute atomic E-state index is 6.90. The Balaban J connectivity index is -0.000000104. The Hall–Kier alpha value is 0.706. The maximum Gasteiger partial charge on any atom is 0 e. The molecule has 1 aromatic carbocycles. The van der Waals surface area contributed by atoms with E-state index in [1.807, 2.05) is 30.3 Å². The van der Waals surface area contributed by atoms with Crippen LogP contribution in [-0.2, 0) is 39.7 Å². The van der Waals surface area contributed by atoms with E-state index >= 15 is 0 Å². The van der Waals surface area contributed by atoms with E-state index in [1.165, 1.54) is 0 Å². The van der Waals surface area contributed by atoms with E-state index < -0.39 is 34.9 Å². The van der Waals surface area contributed by atoms with Gasteiger partial charge in [0.25, 0.3) is 0 Å². The van der Waals surface area contributed by atoms with E-state index in [1.54, 1.807) is 13.8 Å². The van der Waals surface area contributed by atoms with Crippen molar-refractivity contribution in [1.82, 2.24) is 0 Å². The Kier molecular flexibility index (Phi) is 27.5. The topological polar surface area (TPSA) is 129 Å². The molecule has 0 aromatic heterocycles. The van der Waals surface area contributed by atoms with Crippen LogP contribution in [0.1, 0.15) is 13.8 Å². The first kappa shape index (κ1) is 28.0. The molecule has 0 spiro atoms. The van der Waals surface area contributed by atoms with Crippen LogP contribution in [-0.4, -0.2) is 45.9 Å². The van der Waals surface area contributed by atoms with Crippen molar-refractivity contribution in [3.63, 3.8) is 0 Å². The summed E-state index contributed by atoms with van der Waals surface area (Å²) in [5.41, 5.74) is 13.8. The van der Waals surface area contributed by atoms with Gasteiger partial charge >= 0.3 is 66.3 Å². The molecule has 0 heterocycles. The van der Waals surface area contributed by atoms with Crippen LogP contribution in [0.5, 0.6) is 0 Å². The summed E-state index contributed by atoms with van der Waals surface area (Å²) in [7, 11) is 0. The molecule has 117 valence electrons. The van der Waals surface area contributed by atoms with Gasteiger partial charge in [-0.2, -0.15) is 4.90 Å². The number of hydrogen-bond acceptors (Lipinski definition) is 3. The van der Waals surface area contributed by atoms with E-state index in [0.717, 1.165) is 4.90 Å². The molecule has 0 aliphatic rings. The van der Waals surface area contributed by atoms with Gasteiger partial charge in [0.05, 0.1) is 0 Å². The molecular weight excluding hydrogens is 561 g/mol. The van der Waals surface area contributed by atoms with Crippen LogP contribution in [0.25, 0.3) is 11.5 Å². The summed E-state index contributed by atoms with van der Waals surface area (Å²) in [6.45, 7) is 3.27. The first-order valence-corrected chi connectivity index (χ1v) is 7.18. The van der Waals surface area contributed by atoms with Gasteiger partial charge in [-0.15, -0.1) is 0 Å². The van der Waals surface area contributed by atoms with Crippen molar-refractivity contribution in [3.8, 4) is 0 Å². The second-order valence-electron chi connectivity index (χ2n) is 2.88. The zero-order valence-electron chi connectivity index (χ0n) is 10.5. The smallest absolute Gasteiger partial charge is 0 e. The van der Waals surface area contributed by atoms with Crippen molar-refractivity contribution >= 4 is 35.1 Å². The molecule has 0 aliphatic heterocycles. The molecule has 1 radical (unpaired) electrons. The number of rotatable bonds is 4. The van der Waals surface area contributed by atoms with Gasteiger partial charge in [-0.05, 0) is 0 Å². The zero-order chi connectivity index (χ0) is 12.4. The third kappa shape index (κ3) is 24.1. The normalized spacial score (nSPS) is 11.4. The summed E-state index contributed by atoms with van der Waals surface area (Å²) in [6, 6.07) is 9.62. The fraction of sp³-hybridized carbons (Fsp3) is 0.400. The van der Waals surface area contributed by atoms with Crippen LogP contribution >= 0.6 is 0 Å². The van der Waals surface area contributed by atoms with E-state index in [9.17, 15) is 0 Å². The monoisotopic (exact) mass is 579 g/mol. The molecule has 9 heteroatoms. The van der Waals surface area contributed by atoms with Crippen molar-refractivity contribution < 1.29 is 38.0 Å². The molecule has 0 amide bonds. The van der Waals surface area contributed by atoms with Crippen molar-refractivity contribution in [2.75, 3.05) is 0 Å². The van der Waals surface area contributed by atoms with E-state index in [-0.39, 0.29) is 32.0 Å². The molecular formula is C10H19N2O4PtSSb-3. The van der Waals surface area contributed by atoms with Gasteiger partial charge in [-0.25, -0.2) is 0 Å². The Morgan fingerprint density at radius 3 is 1.58 bits per heavy atom. The minimum absolute atomic E-state index is 0. The van der Waals surface area contributed by atoms with Gasteiger partial charge in [-0.3, -0.25) is 0 Å². The fourth-order valence-electron chi connectivity index (χ4n) is 0.574. The molecule has 2 atom stereocenters. The van der Waals surface area contributed by atoms with Crippen LogP contribution in [0.4, 0.5) is 0 Å². The van der Waals surface area contributed by atoms with Crippen molar-refractivity contribution in [2.24, 2.45) is 0 Å². The molecule has 2 unspecified atom stereocenters. The summed E-state index contributed by atoms with van der Waals surface area (Å²) in [4.78, 5) is 0.905. The summed E-state index contributed by atoms with van der Waals surface area (Å²) < 4.78 is 9.65. The first-order valence-electron chi connectivity index (χ1n) is 4.68. The Bertz CT molecular complexity index is 263. The van der Waals surface area contributed by atoms with E-state index in [4.69, 9.17) is 30.1 Å². The standard InChI is InChI=1S/C6H6S.2C2H5NO.2H2O.Pt.Sb/c7-6-4-2-1-3-5-6;2*1-2(3)4;;;;/h1-5,7H;2*2-3H,1H3;2*1H2;;/q;2*-2;;;;+2/p-1. The van der Waals surface area contributed by atoms with Gasteiger partial charge in [-0.1, -0.05) is 30.3 Å². The van der Waals surface area contributed by atoms with Crippen molar-refractivity contribution in [2.45, 2.75) is 31.2 Å².